The van der Waals surface area contributed by atoms with Gasteiger partial charge in [0.25, 0.3) is 0 Å². The van der Waals surface area contributed by atoms with Crippen molar-refractivity contribution in [3.05, 3.63) is 75.6 Å². The summed E-state index contributed by atoms with van der Waals surface area (Å²) in [4.78, 5) is 14.4. The van der Waals surface area contributed by atoms with E-state index in [1.165, 1.54) is 9.71 Å². The first-order valence-electron chi connectivity index (χ1n) is 9.84. The first-order valence-corrected chi connectivity index (χ1v) is 12.1. The van der Waals surface area contributed by atoms with Gasteiger partial charge in [0.15, 0.2) is 0 Å². The van der Waals surface area contributed by atoms with Crippen LogP contribution in [0.5, 0.6) is 0 Å². The van der Waals surface area contributed by atoms with E-state index < -0.39 is 10.0 Å². The third-order valence-corrected chi connectivity index (χ3v) is 7.13. The molecule has 30 heavy (non-hydrogen) atoms. The van der Waals surface area contributed by atoms with Gasteiger partial charge in [0.1, 0.15) is 0 Å². The Morgan fingerprint density at radius 3 is 2.33 bits per heavy atom. The summed E-state index contributed by atoms with van der Waals surface area (Å²) in [6, 6.07) is 17.1. The van der Waals surface area contributed by atoms with Gasteiger partial charge in [-0.15, -0.1) is 0 Å². The minimum Gasteiger partial charge on any atom is -0.348 e. The molecule has 0 aliphatic carbocycles. The summed E-state index contributed by atoms with van der Waals surface area (Å²) in [5.74, 6) is -0.0642. The van der Waals surface area contributed by atoms with E-state index in [9.17, 15) is 13.2 Å². The molecule has 0 radical (unpaired) electrons. The van der Waals surface area contributed by atoms with Gasteiger partial charge in [-0.05, 0) is 36.3 Å². The first kappa shape index (κ1) is 22.7. The number of carbonyl (C=O) groups is 1. The van der Waals surface area contributed by atoms with Crippen LogP contribution in [0.4, 0.5) is 0 Å². The van der Waals surface area contributed by atoms with Gasteiger partial charge in [0, 0.05) is 36.1 Å². The Kier molecular flexibility index (Phi) is 7.82. The molecule has 2 aromatic rings. The Bertz CT molecular complexity index is 970. The van der Waals surface area contributed by atoms with Crippen LogP contribution in [0.2, 0.25) is 0 Å². The lowest BCUT2D eigenvalue weighted by Gasteiger charge is -2.33. The average Bonchev–Trinajstić information content (AvgIpc) is 2.74. The van der Waals surface area contributed by atoms with Gasteiger partial charge in [-0.2, -0.15) is 4.31 Å². The predicted octanol–water partition coefficient (Wildman–Crippen LogP) is 3.24. The standard InChI is InChI=1S/C22H26BrN3O3S/c1-18(20-7-9-21(23)10-8-20)24-22(27)17-25-12-14-26(15-13-25)30(28,29)16-11-19-5-3-2-4-6-19/h2-11,16,18H,12-15,17H2,1H3,(H,24,27)/b16-11+. The quantitative estimate of drug-likeness (QED) is 0.645. The lowest BCUT2D eigenvalue weighted by Crippen LogP contribution is -2.50. The maximum absolute atomic E-state index is 12.6. The van der Waals surface area contributed by atoms with Gasteiger partial charge in [0.05, 0.1) is 12.6 Å². The number of rotatable bonds is 7. The second-order valence-corrected chi connectivity index (χ2v) is 10.0. The van der Waals surface area contributed by atoms with E-state index in [0.29, 0.717) is 26.2 Å². The van der Waals surface area contributed by atoms with Crippen molar-refractivity contribution >= 4 is 37.9 Å². The summed E-state index contributed by atoms with van der Waals surface area (Å²) in [6.45, 7) is 4.00. The topological polar surface area (TPSA) is 69.7 Å². The van der Waals surface area contributed by atoms with Gasteiger partial charge in [-0.25, -0.2) is 8.42 Å². The van der Waals surface area contributed by atoms with Crippen LogP contribution in [0.1, 0.15) is 24.1 Å². The number of piperazine rings is 1. The monoisotopic (exact) mass is 491 g/mol. The molecule has 0 spiro atoms. The van der Waals surface area contributed by atoms with E-state index >= 15 is 0 Å². The molecule has 1 unspecified atom stereocenters. The molecule has 1 heterocycles. The maximum atomic E-state index is 12.6. The Hall–Kier alpha value is -2.00. The summed E-state index contributed by atoms with van der Waals surface area (Å²) in [7, 11) is -3.47. The molecule has 0 aromatic heterocycles. The fraction of sp³-hybridized carbons (Fsp3) is 0.318. The highest BCUT2D eigenvalue weighted by atomic mass is 79.9. The summed E-state index contributed by atoms with van der Waals surface area (Å²) >= 11 is 3.41. The number of carbonyl (C=O) groups excluding carboxylic acids is 1. The summed E-state index contributed by atoms with van der Waals surface area (Å²) in [5.41, 5.74) is 1.88. The Balaban J connectivity index is 1.47. The van der Waals surface area contributed by atoms with Crippen LogP contribution >= 0.6 is 15.9 Å². The molecule has 1 amide bonds. The van der Waals surface area contributed by atoms with E-state index in [1.807, 2.05) is 66.4 Å². The van der Waals surface area contributed by atoms with Crippen LogP contribution in [0, 0.1) is 0 Å². The van der Waals surface area contributed by atoms with Crippen molar-refractivity contribution in [2.75, 3.05) is 32.7 Å². The molecule has 160 valence electrons. The average molecular weight is 492 g/mol. The Morgan fingerprint density at radius 2 is 1.70 bits per heavy atom. The number of hydrogen-bond donors (Lipinski definition) is 1. The molecule has 8 heteroatoms. The molecule has 1 N–H and O–H groups in total. The highest BCUT2D eigenvalue weighted by Crippen LogP contribution is 2.17. The second kappa shape index (κ2) is 10.3. The highest BCUT2D eigenvalue weighted by Gasteiger charge is 2.26. The largest absolute Gasteiger partial charge is 0.348 e. The van der Waals surface area contributed by atoms with Crippen LogP contribution in [-0.4, -0.2) is 56.3 Å². The van der Waals surface area contributed by atoms with E-state index in [4.69, 9.17) is 0 Å². The molecular weight excluding hydrogens is 466 g/mol. The number of nitrogens with one attached hydrogen (secondary N) is 1. The van der Waals surface area contributed by atoms with Crippen LogP contribution in [-0.2, 0) is 14.8 Å². The summed E-state index contributed by atoms with van der Waals surface area (Å²) in [5, 5.41) is 4.26. The van der Waals surface area contributed by atoms with Gasteiger partial charge >= 0.3 is 0 Å². The fourth-order valence-electron chi connectivity index (χ4n) is 3.28. The van der Waals surface area contributed by atoms with E-state index in [0.717, 1.165) is 15.6 Å². The van der Waals surface area contributed by atoms with Crippen molar-refractivity contribution in [1.29, 1.82) is 0 Å². The van der Waals surface area contributed by atoms with Crippen molar-refractivity contribution in [2.24, 2.45) is 0 Å². The smallest absolute Gasteiger partial charge is 0.236 e. The van der Waals surface area contributed by atoms with Crippen LogP contribution in [0.25, 0.3) is 6.08 Å². The van der Waals surface area contributed by atoms with Crippen molar-refractivity contribution in [2.45, 2.75) is 13.0 Å². The number of nitrogens with zero attached hydrogens (tertiary/aromatic N) is 2. The SMILES string of the molecule is CC(NC(=O)CN1CCN(S(=O)(=O)/C=C/c2ccccc2)CC1)c1ccc(Br)cc1. The van der Waals surface area contributed by atoms with Gasteiger partial charge in [0.2, 0.25) is 15.9 Å². The van der Waals surface area contributed by atoms with Gasteiger partial charge in [-0.1, -0.05) is 58.4 Å². The van der Waals surface area contributed by atoms with Gasteiger partial charge in [-0.3, -0.25) is 9.69 Å². The molecule has 6 nitrogen and oxygen atoms in total. The zero-order valence-corrected chi connectivity index (χ0v) is 19.3. The van der Waals surface area contributed by atoms with Crippen molar-refractivity contribution < 1.29 is 13.2 Å². The molecule has 0 saturated carbocycles. The van der Waals surface area contributed by atoms with Gasteiger partial charge < -0.3 is 5.32 Å². The number of sulfonamides is 1. The molecule has 1 fully saturated rings. The lowest BCUT2D eigenvalue weighted by atomic mass is 10.1. The molecule has 1 aliphatic rings. The second-order valence-electron chi connectivity index (χ2n) is 7.27. The van der Waals surface area contributed by atoms with Crippen molar-refractivity contribution in [3.63, 3.8) is 0 Å². The lowest BCUT2D eigenvalue weighted by molar-refractivity contribution is -0.123. The third-order valence-electron chi connectivity index (χ3n) is 5.04. The Morgan fingerprint density at radius 1 is 1.07 bits per heavy atom. The van der Waals surface area contributed by atoms with E-state index in [-0.39, 0.29) is 18.5 Å². The molecule has 1 saturated heterocycles. The molecule has 3 rings (SSSR count). The third kappa shape index (κ3) is 6.50. The molecular formula is C22H26BrN3O3S. The predicted molar refractivity (Wildman–Crippen MR) is 123 cm³/mol. The highest BCUT2D eigenvalue weighted by molar-refractivity contribution is 9.10. The van der Waals surface area contributed by atoms with Crippen LogP contribution < -0.4 is 5.32 Å². The summed E-state index contributed by atoms with van der Waals surface area (Å²) in [6.07, 6.45) is 1.61. The van der Waals surface area contributed by atoms with E-state index in [1.54, 1.807) is 6.08 Å². The number of halogens is 1. The number of benzene rings is 2. The molecule has 2 aromatic carbocycles. The van der Waals surface area contributed by atoms with Crippen molar-refractivity contribution in [1.82, 2.24) is 14.5 Å². The molecule has 1 aliphatic heterocycles. The van der Waals surface area contributed by atoms with Crippen LogP contribution in [0.3, 0.4) is 0 Å². The van der Waals surface area contributed by atoms with Crippen LogP contribution in [0.15, 0.2) is 64.5 Å². The zero-order valence-electron chi connectivity index (χ0n) is 16.9. The molecule has 0 bridgehead atoms. The maximum Gasteiger partial charge on any atom is 0.236 e. The number of hydrogen-bond acceptors (Lipinski definition) is 4. The Labute approximate surface area is 186 Å². The van der Waals surface area contributed by atoms with E-state index in [2.05, 4.69) is 21.2 Å². The zero-order chi connectivity index (χ0) is 21.6. The number of amides is 1. The van der Waals surface area contributed by atoms with Crippen molar-refractivity contribution in [3.8, 4) is 0 Å². The fourth-order valence-corrected chi connectivity index (χ4v) is 4.72. The minimum absolute atomic E-state index is 0.0642. The summed E-state index contributed by atoms with van der Waals surface area (Å²) < 4.78 is 27.6. The normalized spacial score (nSPS) is 17.1. The first-order chi connectivity index (χ1) is 14.3. The minimum atomic E-state index is -3.47. The molecule has 1 atom stereocenters.